The maximum absolute atomic E-state index is 12.3. The van der Waals surface area contributed by atoms with Crippen molar-refractivity contribution in [3.8, 4) is 0 Å². The molecule has 2 heterocycles. The molecule has 1 atom stereocenters. The van der Waals surface area contributed by atoms with Gasteiger partial charge in [-0.15, -0.1) is 0 Å². The van der Waals surface area contributed by atoms with Crippen molar-refractivity contribution in [3.63, 3.8) is 0 Å². The van der Waals surface area contributed by atoms with E-state index < -0.39 is 0 Å². The third-order valence-corrected chi connectivity index (χ3v) is 3.96. The van der Waals surface area contributed by atoms with Gasteiger partial charge in [-0.3, -0.25) is 9.69 Å². The molecule has 0 radical (unpaired) electrons. The van der Waals surface area contributed by atoms with Crippen LogP contribution in [0.25, 0.3) is 0 Å². The topological polar surface area (TPSA) is 44.8 Å². The summed E-state index contributed by atoms with van der Waals surface area (Å²) >= 11 is 0. The van der Waals surface area contributed by atoms with Gasteiger partial charge in [-0.05, 0) is 25.8 Å². The van der Waals surface area contributed by atoms with Crippen molar-refractivity contribution in [1.29, 1.82) is 0 Å². The lowest BCUT2D eigenvalue weighted by Crippen LogP contribution is -2.53. The number of carbonyl (C=O) groups excluding carboxylic acids is 1. The standard InChI is InChI=1S/C14H27N3O2/c1-2-5-15-13-4-3-6-17(14(13)18)8-7-16-9-11-19-12-10-16/h13,15H,2-12H2,1H3. The Labute approximate surface area is 116 Å². The number of carbonyl (C=O) groups is 1. The van der Waals surface area contributed by atoms with Crippen LogP contribution in [0.3, 0.4) is 0 Å². The molecule has 2 rings (SSSR count). The van der Waals surface area contributed by atoms with Gasteiger partial charge in [0.15, 0.2) is 0 Å². The average molecular weight is 269 g/mol. The van der Waals surface area contributed by atoms with Crippen molar-refractivity contribution >= 4 is 5.91 Å². The molecule has 5 heteroatoms. The third kappa shape index (κ3) is 4.44. The van der Waals surface area contributed by atoms with Crippen LogP contribution < -0.4 is 5.32 Å². The Kier molecular flexibility index (Phi) is 6.07. The maximum Gasteiger partial charge on any atom is 0.239 e. The fraction of sp³-hybridized carbons (Fsp3) is 0.929. The first-order chi connectivity index (χ1) is 9.31. The van der Waals surface area contributed by atoms with Gasteiger partial charge in [0, 0.05) is 32.7 Å². The fourth-order valence-electron chi connectivity index (χ4n) is 2.76. The fourth-order valence-corrected chi connectivity index (χ4v) is 2.76. The predicted molar refractivity (Wildman–Crippen MR) is 75.2 cm³/mol. The lowest BCUT2D eigenvalue weighted by atomic mass is 10.0. The van der Waals surface area contributed by atoms with E-state index in [2.05, 4.69) is 17.1 Å². The van der Waals surface area contributed by atoms with E-state index in [-0.39, 0.29) is 6.04 Å². The molecule has 2 saturated heterocycles. The number of likely N-dealkylation sites (tertiary alicyclic amines) is 1. The number of nitrogens with zero attached hydrogens (tertiary/aromatic N) is 2. The minimum Gasteiger partial charge on any atom is -0.379 e. The van der Waals surface area contributed by atoms with Gasteiger partial charge in [0.2, 0.25) is 5.91 Å². The molecule has 0 spiro atoms. The molecule has 0 aromatic rings. The van der Waals surface area contributed by atoms with E-state index in [1.807, 2.05) is 4.90 Å². The molecule has 110 valence electrons. The van der Waals surface area contributed by atoms with Gasteiger partial charge in [-0.1, -0.05) is 6.92 Å². The molecule has 0 saturated carbocycles. The highest BCUT2D eigenvalue weighted by atomic mass is 16.5. The second kappa shape index (κ2) is 7.82. The molecule has 1 unspecified atom stereocenters. The van der Waals surface area contributed by atoms with E-state index in [1.165, 1.54) is 0 Å². The largest absolute Gasteiger partial charge is 0.379 e. The number of piperidine rings is 1. The SMILES string of the molecule is CCCNC1CCCN(CCN2CCOCC2)C1=O. The Balaban J connectivity index is 1.73. The summed E-state index contributed by atoms with van der Waals surface area (Å²) in [6, 6.07) is 0.0541. The highest BCUT2D eigenvalue weighted by Crippen LogP contribution is 2.12. The minimum atomic E-state index is 0.0541. The normalized spacial score (nSPS) is 25.8. The van der Waals surface area contributed by atoms with E-state index in [9.17, 15) is 4.79 Å². The monoisotopic (exact) mass is 269 g/mol. The van der Waals surface area contributed by atoms with Gasteiger partial charge < -0.3 is 15.0 Å². The minimum absolute atomic E-state index is 0.0541. The van der Waals surface area contributed by atoms with Gasteiger partial charge >= 0.3 is 0 Å². The zero-order valence-corrected chi connectivity index (χ0v) is 12.1. The van der Waals surface area contributed by atoms with Gasteiger partial charge in [-0.25, -0.2) is 0 Å². The van der Waals surface area contributed by atoms with E-state index >= 15 is 0 Å². The molecule has 1 N–H and O–H groups in total. The summed E-state index contributed by atoms with van der Waals surface area (Å²) in [4.78, 5) is 16.7. The first-order valence-corrected chi connectivity index (χ1v) is 7.63. The second-order valence-corrected chi connectivity index (χ2v) is 5.43. The highest BCUT2D eigenvalue weighted by molar-refractivity contribution is 5.82. The third-order valence-electron chi connectivity index (χ3n) is 3.96. The number of morpholine rings is 1. The molecule has 0 aromatic heterocycles. The average Bonchev–Trinajstić information content (AvgIpc) is 2.46. The summed E-state index contributed by atoms with van der Waals surface area (Å²) in [5.41, 5.74) is 0. The molecule has 2 aliphatic rings. The number of amides is 1. The van der Waals surface area contributed by atoms with Crippen molar-refractivity contribution < 1.29 is 9.53 Å². The number of hydrogen-bond donors (Lipinski definition) is 1. The highest BCUT2D eigenvalue weighted by Gasteiger charge is 2.28. The van der Waals surface area contributed by atoms with Crippen LogP contribution in [0.15, 0.2) is 0 Å². The predicted octanol–water partition coefficient (Wildman–Crippen LogP) is 0.309. The zero-order chi connectivity index (χ0) is 13.5. The molecular weight excluding hydrogens is 242 g/mol. The van der Waals surface area contributed by atoms with Crippen molar-refractivity contribution in [2.45, 2.75) is 32.2 Å². The molecule has 0 aliphatic carbocycles. The Morgan fingerprint density at radius 1 is 1.26 bits per heavy atom. The van der Waals surface area contributed by atoms with Crippen LogP contribution in [0.1, 0.15) is 26.2 Å². The maximum atomic E-state index is 12.3. The first-order valence-electron chi connectivity index (χ1n) is 7.63. The lowest BCUT2D eigenvalue weighted by molar-refractivity contribution is -0.136. The van der Waals surface area contributed by atoms with Crippen LogP contribution in [0.5, 0.6) is 0 Å². The van der Waals surface area contributed by atoms with Gasteiger partial charge in [0.05, 0.1) is 19.3 Å². The second-order valence-electron chi connectivity index (χ2n) is 5.43. The van der Waals surface area contributed by atoms with Crippen molar-refractivity contribution in [1.82, 2.24) is 15.1 Å². The Morgan fingerprint density at radius 3 is 2.79 bits per heavy atom. The smallest absolute Gasteiger partial charge is 0.239 e. The summed E-state index contributed by atoms with van der Waals surface area (Å²) in [7, 11) is 0. The van der Waals surface area contributed by atoms with Crippen molar-refractivity contribution in [2.24, 2.45) is 0 Å². The number of ether oxygens (including phenoxy) is 1. The number of hydrogen-bond acceptors (Lipinski definition) is 4. The quantitative estimate of drug-likeness (QED) is 0.754. The molecule has 0 bridgehead atoms. The molecule has 5 nitrogen and oxygen atoms in total. The van der Waals surface area contributed by atoms with Crippen LogP contribution >= 0.6 is 0 Å². The van der Waals surface area contributed by atoms with Crippen LogP contribution in [0.2, 0.25) is 0 Å². The summed E-state index contributed by atoms with van der Waals surface area (Å²) in [5, 5.41) is 3.36. The van der Waals surface area contributed by atoms with Crippen molar-refractivity contribution in [2.75, 3.05) is 52.5 Å². The van der Waals surface area contributed by atoms with Crippen LogP contribution in [-0.4, -0.2) is 74.2 Å². The molecule has 19 heavy (non-hydrogen) atoms. The Hall–Kier alpha value is -0.650. The summed E-state index contributed by atoms with van der Waals surface area (Å²) in [6.07, 6.45) is 3.20. The van der Waals surface area contributed by atoms with E-state index in [0.29, 0.717) is 5.91 Å². The van der Waals surface area contributed by atoms with Crippen LogP contribution in [0, 0.1) is 0 Å². The lowest BCUT2D eigenvalue weighted by Gasteiger charge is -2.35. The summed E-state index contributed by atoms with van der Waals surface area (Å²) in [5.74, 6) is 0.299. The molecular formula is C14H27N3O2. The van der Waals surface area contributed by atoms with Gasteiger partial charge in [0.25, 0.3) is 0 Å². The number of nitrogens with one attached hydrogen (secondary N) is 1. The van der Waals surface area contributed by atoms with Crippen molar-refractivity contribution in [3.05, 3.63) is 0 Å². The number of rotatable bonds is 6. The molecule has 0 aromatic carbocycles. The van der Waals surface area contributed by atoms with Crippen LogP contribution in [0.4, 0.5) is 0 Å². The van der Waals surface area contributed by atoms with Gasteiger partial charge in [-0.2, -0.15) is 0 Å². The van der Waals surface area contributed by atoms with E-state index in [1.54, 1.807) is 0 Å². The molecule has 1 amide bonds. The first kappa shape index (κ1) is 14.8. The van der Waals surface area contributed by atoms with E-state index in [0.717, 1.165) is 71.7 Å². The zero-order valence-electron chi connectivity index (χ0n) is 12.1. The Morgan fingerprint density at radius 2 is 2.05 bits per heavy atom. The van der Waals surface area contributed by atoms with Crippen LogP contribution in [-0.2, 0) is 9.53 Å². The summed E-state index contributed by atoms with van der Waals surface area (Å²) < 4.78 is 5.34. The summed E-state index contributed by atoms with van der Waals surface area (Å²) in [6.45, 7) is 9.50. The molecule has 2 aliphatic heterocycles. The van der Waals surface area contributed by atoms with E-state index in [4.69, 9.17) is 4.74 Å². The Bertz CT molecular complexity index is 280. The molecule has 2 fully saturated rings. The van der Waals surface area contributed by atoms with Gasteiger partial charge in [0.1, 0.15) is 0 Å².